The maximum atomic E-state index is 6.52. The molecule has 6 rings (SSSR count). The molecule has 0 radical (unpaired) electrons. The highest BCUT2D eigenvalue weighted by Gasteiger charge is 2.18. The molecule has 3 nitrogen and oxygen atoms in total. The molecule has 0 bridgehead atoms. The van der Waals surface area contributed by atoms with Crippen LogP contribution in [0.2, 0.25) is 5.02 Å². The van der Waals surface area contributed by atoms with Crippen molar-refractivity contribution in [1.82, 2.24) is 0 Å². The number of anilines is 1. The summed E-state index contributed by atoms with van der Waals surface area (Å²) in [5.41, 5.74) is 9.52. The van der Waals surface area contributed by atoms with Crippen molar-refractivity contribution < 1.29 is 9.15 Å². The van der Waals surface area contributed by atoms with Crippen LogP contribution < -0.4 is 10.5 Å². The number of nitrogen functional groups attached to an aromatic ring is 1. The zero-order chi connectivity index (χ0) is 20.2. The first-order valence-electron chi connectivity index (χ1n) is 9.62. The lowest BCUT2D eigenvalue weighted by Crippen LogP contribution is -2.00. The summed E-state index contributed by atoms with van der Waals surface area (Å²) in [5, 5.41) is 4.71. The van der Waals surface area contributed by atoms with E-state index in [4.69, 9.17) is 26.5 Å². The third-order valence-electron chi connectivity index (χ3n) is 5.48. The number of ether oxygens (including phenoxy) is 1. The molecule has 0 fully saturated rings. The van der Waals surface area contributed by atoms with E-state index in [9.17, 15) is 0 Å². The van der Waals surface area contributed by atoms with Crippen LogP contribution in [0.5, 0.6) is 5.75 Å². The van der Waals surface area contributed by atoms with Crippen molar-refractivity contribution >= 4 is 70.7 Å². The molecule has 2 aromatic heterocycles. The van der Waals surface area contributed by atoms with Gasteiger partial charge < -0.3 is 14.9 Å². The van der Waals surface area contributed by atoms with E-state index in [1.54, 1.807) is 17.4 Å². The van der Waals surface area contributed by atoms with E-state index in [1.807, 2.05) is 24.3 Å². The van der Waals surface area contributed by atoms with E-state index in [0.29, 0.717) is 28.6 Å². The molecule has 6 aromatic rings. The summed E-state index contributed by atoms with van der Waals surface area (Å²) in [6, 6.07) is 24.3. The van der Waals surface area contributed by atoms with Gasteiger partial charge in [0, 0.05) is 31.6 Å². The highest BCUT2D eigenvalue weighted by molar-refractivity contribution is 7.25. The monoisotopic (exact) mass is 429 g/mol. The molecule has 0 aliphatic rings. The van der Waals surface area contributed by atoms with Crippen molar-refractivity contribution in [2.45, 2.75) is 6.61 Å². The van der Waals surface area contributed by atoms with Crippen LogP contribution in [0.25, 0.3) is 42.1 Å². The minimum absolute atomic E-state index is 0.403. The highest BCUT2D eigenvalue weighted by Crippen LogP contribution is 2.43. The van der Waals surface area contributed by atoms with Crippen LogP contribution in [0.4, 0.5) is 5.69 Å². The zero-order valence-electron chi connectivity index (χ0n) is 15.8. The smallest absolute Gasteiger partial charge is 0.156 e. The van der Waals surface area contributed by atoms with Crippen LogP contribution >= 0.6 is 22.9 Å². The minimum Gasteiger partial charge on any atom is -0.487 e. The molecular weight excluding hydrogens is 414 g/mol. The third-order valence-corrected chi connectivity index (χ3v) is 6.89. The Labute approximate surface area is 181 Å². The maximum absolute atomic E-state index is 6.52. The normalized spacial score (nSPS) is 11.8. The summed E-state index contributed by atoms with van der Waals surface area (Å²) in [6.07, 6.45) is 0. The number of fused-ring (bicyclic) bond motifs is 6. The number of para-hydroxylation sites is 1. The fourth-order valence-corrected chi connectivity index (χ4v) is 5.49. The van der Waals surface area contributed by atoms with E-state index in [0.717, 1.165) is 21.9 Å². The molecule has 0 aliphatic carbocycles. The predicted molar refractivity (Wildman–Crippen MR) is 127 cm³/mol. The Morgan fingerprint density at radius 1 is 0.867 bits per heavy atom. The molecule has 0 atom stereocenters. The Bertz CT molecular complexity index is 1580. The second-order valence-corrected chi connectivity index (χ2v) is 8.74. The first kappa shape index (κ1) is 17.6. The number of furan rings is 1. The van der Waals surface area contributed by atoms with Gasteiger partial charge in [0.15, 0.2) is 5.58 Å². The SMILES string of the molecule is Nc1c(OCc2cccc3sc4ccccc4c23)cc(Cl)c2oc3ccccc3c12. The Morgan fingerprint density at radius 3 is 2.53 bits per heavy atom. The van der Waals surface area contributed by atoms with Gasteiger partial charge in [-0.15, -0.1) is 11.3 Å². The molecule has 4 aromatic carbocycles. The fraction of sp³-hybridized carbons (Fsp3) is 0.0400. The van der Waals surface area contributed by atoms with Crippen LogP contribution in [0, 0.1) is 0 Å². The summed E-state index contributed by atoms with van der Waals surface area (Å²) in [7, 11) is 0. The van der Waals surface area contributed by atoms with Crippen molar-refractivity contribution in [3.8, 4) is 5.75 Å². The van der Waals surface area contributed by atoms with Gasteiger partial charge in [0.2, 0.25) is 0 Å². The molecule has 0 spiro atoms. The summed E-state index contributed by atoms with van der Waals surface area (Å²) in [6.45, 7) is 0.403. The molecule has 0 saturated heterocycles. The molecule has 146 valence electrons. The second kappa shape index (κ2) is 6.66. The summed E-state index contributed by atoms with van der Waals surface area (Å²) < 4.78 is 14.6. The first-order chi connectivity index (χ1) is 14.7. The number of hydrogen-bond acceptors (Lipinski definition) is 4. The van der Waals surface area contributed by atoms with Crippen LogP contribution in [-0.2, 0) is 6.61 Å². The van der Waals surface area contributed by atoms with Gasteiger partial charge in [-0.2, -0.15) is 0 Å². The Kier molecular flexibility index (Phi) is 3.91. The first-order valence-corrected chi connectivity index (χ1v) is 10.8. The molecule has 30 heavy (non-hydrogen) atoms. The van der Waals surface area contributed by atoms with E-state index >= 15 is 0 Å². The molecule has 2 heterocycles. The number of benzene rings is 4. The number of halogens is 1. The van der Waals surface area contributed by atoms with Crippen LogP contribution in [-0.4, -0.2) is 0 Å². The van der Waals surface area contributed by atoms with Gasteiger partial charge in [-0.25, -0.2) is 0 Å². The molecule has 0 amide bonds. The lowest BCUT2D eigenvalue weighted by atomic mass is 10.1. The number of thiophene rings is 1. The number of hydrogen-bond donors (Lipinski definition) is 1. The van der Waals surface area contributed by atoms with Gasteiger partial charge in [-0.1, -0.05) is 60.1 Å². The van der Waals surface area contributed by atoms with Gasteiger partial charge in [-0.3, -0.25) is 0 Å². The van der Waals surface area contributed by atoms with Gasteiger partial charge in [0.05, 0.1) is 16.1 Å². The van der Waals surface area contributed by atoms with Crippen molar-refractivity contribution in [1.29, 1.82) is 0 Å². The van der Waals surface area contributed by atoms with Crippen molar-refractivity contribution in [3.05, 3.63) is 83.4 Å². The van der Waals surface area contributed by atoms with Gasteiger partial charge in [0.1, 0.15) is 17.9 Å². The van der Waals surface area contributed by atoms with Gasteiger partial charge >= 0.3 is 0 Å². The van der Waals surface area contributed by atoms with Crippen molar-refractivity contribution in [2.24, 2.45) is 0 Å². The Balaban J connectivity index is 1.46. The summed E-state index contributed by atoms with van der Waals surface area (Å²) >= 11 is 8.31. The second-order valence-electron chi connectivity index (χ2n) is 7.25. The molecule has 0 saturated carbocycles. The van der Waals surface area contributed by atoms with E-state index in [-0.39, 0.29) is 0 Å². The highest BCUT2D eigenvalue weighted by atomic mass is 35.5. The lowest BCUT2D eigenvalue weighted by Gasteiger charge is -2.11. The molecule has 5 heteroatoms. The summed E-state index contributed by atoms with van der Waals surface area (Å²) in [5.74, 6) is 0.565. The van der Waals surface area contributed by atoms with E-state index in [2.05, 4.69) is 42.5 Å². The standard InChI is InChI=1S/C25H16ClNO2S/c26-17-12-19(24(27)23-15-7-1-3-9-18(15)29-25(17)23)28-13-14-6-5-11-21-22(14)16-8-2-4-10-20(16)30-21/h1-12H,13,27H2. The molecular formula is C25H16ClNO2S. The van der Waals surface area contributed by atoms with Crippen LogP contribution in [0.1, 0.15) is 5.56 Å². The maximum Gasteiger partial charge on any atom is 0.156 e. The minimum atomic E-state index is 0.403. The van der Waals surface area contributed by atoms with Crippen molar-refractivity contribution in [3.63, 3.8) is 0 Å². The molecule has 2 N–H and O–H groups in total. The molecule has 0 aliphatic heterocycles. The fourth-order valence-electron chi connectivity index (χ4n) is 4.11. The van der Waals surface area contributed by atoms with Crippen molar-refractivity contribution in [2.75, 3.05) is 5.73 Å². The van der Waals surface area contributed by atoms with E-state index in [1.165, 1.54) is 20.2 Å². The predicted octanol–water partition coefficient (Wildman–Crippen LogP) is 7.77. The van der Waals surface area contributed by atoms with Crippen LogP contribution in [0.15, 0.2) is 77.2 Å². The number of nitrogens with two attached hydrogens (primary N) is 1. The third kappa shape index (κ3) is 2.58. The summed E-state index contributed by atoms with van der Waals surface area (Å²) in [4.78, 5) is 0. The number of rotatable bonds is 3. The quantitative estimate of drug-likeness (QED) is 0.292. The van der Waals surface area contributed by atoms with Crippen LogP contribution in [0.3, 0.4) is 0 Å². The lowest BCUT2D eigenvalue weighted by molar-refractivity contribution is 0.310. The van der Waals surface area contributed by atoms with Gasteiger partial charge in [0.25, 0.3) is 0 Å². The topological polar surface area (TPSA) is 48.4 Å². The average molecular weight is 430 g/mol. The average Bonchev–Trinajstić information content (AvgIpc) is 3.34. The van der Waals surface area contributed by atoms with Gasteiger partial charge in [-0.05, 0) is 23.8 Å². The Hall–Kier alpha value is -3.21. The Morgan fingerprint density at radius 2 is 1.63 bits per heavy atom. The largest absolute Gasteiger partial charge is 0.487 e. The molecule has 0 unspecified atom stereocenters. The van der Waals surface area contributed by atoms with E-state index < -0.39 is 0 Å². The zero-order valence-corrected chi connectivity index (χ0v) is 17.4.